The summed E-state index contributed by atoms with van der Waals surface area (Å²) in [6.45, 7) is 11.2. The van der Waals surface area contributed by atoms with Crippen molar-refractivity contribution in [3.8, 4) is 0 Å². The predicted octanol–water partition coefficient (Wildman–Crippen LogP) is 7.68. The van der Waals surface area contributed by atoms with Gasteiger partial charge >= 0.3 is 0 Å². The molecule has 0 aromatic carbocycles. The zero-order valence-electron chi connectivity index (χ0n) is 14.7. The number of hydrogen-bond donors (Lipinski definition) is 0. The maximum atomic E-state index is 4.25. The molecule has 0 amide bonds. The maximum Gasteiger partial charge on any atom is -0.0323 e. The molecule has 0 heteroatoms. The summed E-state index contributed by atoms with van der Waals surface area (Å²) in [5.41, 5.74) is 1.50. The third-order valence-corrected chi connectivity index (χ3v) is 4.20. The van der Waals surface area contributed by atoms with E-state index in [-0.39, 0.29) is 0 Å². The van der Waals surface area contributed by atoms with Crippen LogP contribution < -0.4 is 0 Å². The summed E-state index contributed by atoms with van der Waals surface area (Å²) in [6.07, 6.45) is 19.5. The number of hydrogen-bond acceptors (Lipinski definition) is 0. The van der Waals surface area contributed by atoms with E-state index in [2.05, 4.69) is 27.4 Å². The highest BCUT2D eigenvalue weighted by atomic mass is 14.0. The van der Waals surface area contributed by atoms with E-state index in [1.165, 1.54) is 95.5 Å². The predicted molar refractivity (Wildman–Crippen MR) is 94.3 cm³/mol. The Bertz CT molecular complexity index is 202. The van der Waals surface area contributed by atoms with Crippen LogP contribution in [0.4, 0.5) is 0 Å². The van der Waals surface area contributed by atoms with Gasteiger partial charge in [0, 0.05) is 0 Å². The van der Waals surface area contributed by atoms with Gasteiger partial charge < -0.3 is 0 Å². The van der Waals surface area contributed by atoms with Crippen LogP contribution in [0.5, 0.6) is 0 Å². The minimum absolute atomic E-state index is 0.871. The smallest absolute Gasteiger partial charge is 0.0323 e. The molecular weight excluding hydrogens is 240 g/mol. The quantitative estimate of drug-likeness (QED) is 0.213. The van der Waals surface area contributed by atoms with Gasteiger partial charge in [-0.2, -0.15) is 0 Å². The van der Waals surface area contributed by atoms with Crippen LogP contribution in [-0.2, 0) is 0 Å². The van der Waals surface area contributed by atoms with Gasteiger partial charge in [0.25, 0.3) is 0 Å². The second-order valence-corrected chi connectivity index (χ2v) is 6.97. The molecule has 0 bridgehead atoms. The molecule has 0 unspecified atom stereocenters. The second-order valence-electron chi connectivity index (χ2n) is 6.97. The van der Waals surface area contributed by atoms with Gasteiger partial charge in [-0.25, -0.2) is 0 Å². The maximum absolute atomic E-state index is 4.25. The molecule has 0 heterocycles. The van der Waals surface area contributed by atoms with E-state index < -0.39 is 0 Å². The van der Waals surface area contributed by atoms with Crippen molar-refractivity contribution in [1.82, 2.24) is 0 Å². The van der Waals surface area contributed by atoms with Crippen molar-refractivity contribution in [3.05, 3.63) is 12.2 Å². The average Bonchev–Trinajstić information content (AvgIpc) is 2.41. The van der Waals surface area contributed by atoms with E-state index in [1.54, 1.807) is 0 Å². The summed E-state index contributed by atoms with van der Waals surface area (Å²) < 4.78 is 0. The van der Waals surface area contributed by atoms with Crippen LogP contribution >= 0.6 is 0 Å². The Hall–Kier alpha value is -0.260. The van der Waals surface area contributed by atoms with E-state index in [1.807, 2.05) is 0 Å². The van der Waals surface area contributed by atoms with Crippen molar-refractivity contribution in [3.63, 3.8) is 0 Å². The molecule has 0 aliphatic carbocycles. The van der Waals surface area contributed by atoms with Crippen molar-refractivity contribution in [2.75, 3.05) is 0 Å². The van der Waals surface area contributed by atoms with E-state index in [9.17, 15) is 0 Å². The SMILES string of the molecule is C=C(CCCCCCCCCC)CCCCCC(C)C. The van der Waals surface area contributed by atoms with Gasteiger partial charge in [0.1, 0.15) is 0 Å². The molecule has 0 rings (SSSR count). The largest absolute Gasteiger partial charge is 0.0999 e. The molecular formula is C20H40. The Morgan fingerprint density at radius 1 is 0.700 bits per heavy atom. The first-order chi connectivity index (χ1) is 9.66. The molecule has 0 aliphatic rings. The van der Waals surface area contributed by atoms with Gasteiger partial charge in [-0.1, -0.05) is 97.1 Å². The van der Waals surface area contributed by atoms with Crippen LogP contribution in [0.25, 0.3) is 0 Å². The highest BCUT2D eigenvalue weighted by molar-refractivity contribution is 4.93. The number of allylic oxidation sites excluding steroid dienone is 1. The van der Waals surface area contributed by atoms with Crippen molar-refractivity contribution in [1.29, 1.82) is 0 Å². The van der Waals surface area contributed by atoms with Crippen molar-refractivity contribution in [2.45, 2.75) is 111 Å². The molecule has 0 aliphatic heterocycles. The minimum Gasteiger partial charge on any atom is -0.0999 e. The van der Waals surface area contributed by atoms with Gasteiger partial charge in [-0.05, 0) is 31.6 Å². The van der Waals surface area contributed by atoms with Crippen LogP contribution in [0.3, 0.4) is 0 Å². The first kappa shape index (κ1) is 19.7. The topological polar surface area (TPSA) is 0 Å². The molecule has 0 saturated carbocycles. The second kappa shape index (κ2) is 15.1. The standard InChI is InChI=1S/C20H40/c1-5-6-7-8-9-10-11-14-17-20(4)18-15-12-13-16-19(2)3/h19H,4-18H2,1-3H3. The lowest BCUT2D eigenvalue weighted by Gasteiger charge is -2.07. The fourth-order valence-electron chi connectivity index (χ4n) is 2.74. The van der Waals surface area contributed by atoms with E-state index in [4.69, 9.17) is 0 Å². The Morgan fingerprint density at radius 2 is 1.15 bits per heavy atom. The highest BCUT2D eigenvalue weighted by Gasteiger charge is 1.98. The van der Waals surface area contributed by atoms with Crippen LogP contribution in [0.15, 0.2) is 12.2 Å². The van der Waals surface area contributed by atoms with Crippen LogP contribution in [0, 0.1) is 5.92 Å². The molecule has 0 aromatic rings. The fraction of sp³-hybridized carbons (Fsp3) is 0.900. The molecule has 120 valence electrons. The molecule has 0 spiro atoms. The normalized spacial score (nSPS) is 11.2. The summed E-state index contributed by atoms with van der Waals surface area (Å²) in [7, 11) is 0. The van der Waals surface area contributed by atoms with Gasteiger partial charge in [0.05, 0.1) is 0 Å². The van der Waals surface area contributed by atoms with E-state index >= 15 is 0 Å². The van der Waals surface area contributed by atoms with E-state index in [0.29, 0.717) is 0 Å². The number of rotatable bonds is 15. The van der Waals surface area contributed by atoms with E-state index in [0.717, 1.165) is 5.92 Å². The third-order valence-electron chi connectivity index (χ3n) is 4.20. The molecule has 0 aromatic heterocycles. The van der Waals surface area contributed by atoms with Gasteiger partial charge in [-0.3, -0.25) is 0 Å². The zero-order valence-corrected chi connectivity index (χ0v) is 14.7. The molecule has 0 saturated heterocycles. The Kier molecular flexibility index (Phi) is 14.9. The molecule has 0 fully saturated rings. The summed E-state index contributed by atoms with van der Waals surface area (Å²) in [5, 5.41) is 0. The molecule has 0 radical (unpaired) electrons. The van der Waals surface area contributed by atoms with Gasteiger partial charge in [-0.15, -0.1) is 0 Å². The van der Waals surface area contributed by atoms with Crippen LogP contribution in [0.1, 0.15) is 111 Å². The van der Waals surface area contributed by atoms with Crippen molar-refractivity contribution >= 4 is 0 Å². The van der Waals surface area contributed by atoms with Gasteiger partial charge in [0.2, 0.25) is 0 Å². The lowest BCUT2D eigenvalue weighted by atomic mass is 9.99. The molecule has 0 N–H and O–H groups in total. The Balaban J connectivity index is 3.16. The summed E-state index contributed by atoms with van der Waals surface area (Å²) >= 11 is 0. The number of unbranched alkanes of at least 4 members (excludes halogenated alkanes) is 9. The van der Waals surface area contributed by atoms with Crippen LogP contribution in [0.2, 0.25) is 0 Å². The van der Waals surface area contributed by atoms with Gasteiger partial charge in [0.15, 0.2) is 0 Å². The average molecular weight is 281 g/mol. The summed E-state index contributed by atoms with van der Waals surface area (Å²) in [6, 6.07) is 0. The lowest BCUT2D eigenvalue weighted by Crippen LogP contribution is -1.89. The zero-order chi connectivity index (χ0) is 15.1. The lowest BCUT2D eigenvalue weighted by molar-refractivity contribution is 0.523. The Morgan fingerprint density at radius 3 is 1.65 bits per heavy atom. The molecule has 0 nitrogen and oxygen atoms in total. The first-order valence-corrected chi connectivity index (χ1v) is 9.33. The Labute approximate surface area is 129 Å². The molecule has 20 heavy (non-hydrogen) atoms. The monoisotopic (exact) mass is 280 g/mol. The van der Waals surface area contributed by atoms with Crippen molar-refractivity contribution in [2.24, 2.45) is 5.92 Å². The highest BCUT2D eigenvalue weighted by Crippen LogP contribution is 2.17. The molecule has 0 atom stereocenters. The fourth-order valence-corrected chi connectivity index (χ4v) is 2.74. The third kappa shape index (κ3) is 15.8. The summed E-state index contributed by atoms with van der Waals surface area (Å²) in [4.78, 5) is 0. The summed E-state index contributed by atoms with van der Waals surface area (Å²) in [5.74, 6) is 0.871. The first-order valence-electron chi connectivity index (χ1n) is 9.33. The van der Waals surface area contributed by atoms with Crippen LogP contribution in [-0.4, -0.2) is 0 Å². The van der Waals surface area contributed by atoms with Crippen molar-refractivity contribution < 1.29 is 0 Å². The minimum atomic E-state index is 0.871.